The van der Waals surface area contributed by atoms with E-state index in [2.05, 4.69) is 17.2 Å². The molecule has 5 nitrogen and oxygen atoms in total. The van der Waals surface area contributed by atoms with Crippen molar-refractivity contribution >= 4 is 5.91 Å². The molecule has 1 unspecified atom stereocenters. The zero-order valence-corrected chi connectivity index (χ0v) is 18.2. The van der Waals surface area contributed by atoms with Crippen molar-refractivity contribution in [1.82, 2.24) is 19.7 Å². The molecule has 6 heteroatoms. The molecule has 1 saturated heterocycles. The van der Waals surface area contributed by atoms with Crippen LogP contribution in [-0.4, -0.2) is 38.7 Å². The highest BCUT2D eigenvalue weighted by Crippen LogP contribution is 2.30. The van der Waals surface area contributed by atoms with E-state index >= 15 is 0 Å². The third-order valence-electron chi connectivity index (χ3n) is 5.97. The van der Waals surface area contributed by atoms with Crippen LogP contribution in [0.1, 0.15) is 48.6 Å². The normalized spacial score (nSPS) is 16.5. The Labute approximate surface area is 182 Å². The van der Waals surface area contributed by atoms with Crippen LogP contribution in [0.4, 0.5) is 4.39 Å². The van der Waals surface area contributed by atoms with Gasteiger partial charge in [-0.1, -0.05) is 12.1 Å². The molecule has 0 aliphatic carbocycles. The van der Waals surface area contributed by atoms with Crippen molar-refractivity contribution in [2.24, 2.45) is 7.05 Å². The van der Waals surface area contributed by atoms with Crippen molar-refractivity contribution in [3.63, 3.8) is 0 Å². The van der Waals surface area contributed by atoms with Crippen LogP contribution in [0.3, 0.4) is 0 Å². The van der Waals surface area contributed by atoms with E-state index in [1.54, 1.807) is 16.8 Å². The third kappa shape index (κ3) is 5.37. The summed E-state index contributed by atoms with van der Waals surface area (Å²) in [6.45, 7) is 3.55. The fraction of sp³-hybridized carbons (Fsp3) is 0.400. The molecule has 3 heterocycles. The second kappa shape index (κ2) is 9.41. The number of piperidine rings is 1. The van der Waals surface area contributed by atoms with Gasteiger partial charge in [0.05, 0.1) is 6.20 Å². The van der Waals surface area contributed by atoms with Gasteiger partial charge in [0.1, 0.15) is 5.82 Å². The molecule has 0 bridgehead atoms. The van der Waals surface area contributed by atoms with Gasteiger partial charge in [-0.3, -0.25) is 14.5 Å². The van der Waals surface area contributed by atoms with Crippen molar-refractivity contribution in [2.45, 2.75) is 44.9 Å². The molecule has 162 valence electrons. The maximum absolute atomic E-state index is 13.0. The summed E-state index contributed by atoms with van der Waals surface area (Å²) in [7, 11) is 1.92. The minimum absolute atomic E-state index is 0.201. The molecular formula is C25H29FN4O. The zero-order valence-electron chi connectivity index (χ0n) is 18.2. The van der Waals surface area contributed by atoms with Gasteiger partial charge in [0.15, 0.2) is 0 Å². The number of aromatic nitrogens is 3. The van der Waals surface area contributed by atoms with E-state index in [4.69, 9.17) is 4.98 Å². The van der Waals surface area contributed by atoms with E-state index in [1.807, 2.05) is 31.3 Å². The van der Waals surface area contributed by atoms with Gasteiger partial charge in [0, 0.05) is 55.6 Å². The predicted octanol–water partition coefficient (Wildman–Crippen LogP) is 4.66. The largest absolute Gasteiger partial charge is 0.342 e. The van der Waals surface area contributed by atoms with Gasteiger partial charge in [-0.25, -0.2) is 4.39 Å². The number of rotatable bonds is 6. The first-order valence-electron chi connectivity index (χ1n) is 11.0. The third-order valence-corrected chi connectivity index (χ3v) is 5.97. The quantitative estimate of drug-likeness (QED) is 0.583. The lowest BCUT2D eigenvalue weighted by molar-refractivity contribution is -0.132. The lowest BCUT2D eigenvalue weighted by Gasteiger charge is -2.33. The smallest absolute Gasteiger partial charge is 0.222 e. The van der Waals surface area contributed by atoms with E-state index in [-0.39, 0.29) is 17.6 Å². The van der Waals surface area contributed by atoms with Gasteiger partial charge in [0.2, 0.25) is 5.91 Å². The van der Waals surface area contributed by atoms with Crippen LogP contribution in [0.2, 0.25) is 0 Å². The van der Waals surface area contributed by atoms with Gasteiger partial charge in [-0.05, 0) is 68.0 Å². The summed E-state index contributed by atoms with van der Waals surface area (Å²) in [6.07, 6.45) is 8.00. The molecule has 1 fully saturated rings. The molecule has 1 aliphatic rings. The van der Waals surface area contributed by atoms with Crippen LogP contribution in [0.15, 0.2) is 48.8 Å². The molecular weight excluding hydrogens is 391 g/mol. The fourth-order valence-electron chi connectivity index (χ4n) is 4.34. The van der Waals surface area contributed by atoms with E-state index in [0.717, 1.165) is 66.9 Å². The van der Waals surface area contributed by atoms with E-state index in [1.165, 1.54) is 12.1 Å². The molecule has 0 N–H and O–H groups in total. The molecule has 0 saturated carbocycles. The highest BCUT2D eigenvalue weighted by Gasteiger charge is 2.26. The summed E-state index contributed by atoms with van der Waals surface area (Å²) in [6, 6.07) is 10.8. The Morgan fingerprint density at radius 1 is 1.19 bits per heavy atom. The van der Waals surface area contributed by atoms with Gasteiger partial charge < -0.3 is 4.90 Å². The van der Waals surface area contributed by atoms with Crippen LogP contribution in [0, 0.1) is 12.7 Å². The number of halogens is 1. The molecule has 0 spiro atoms. The number of amides is 1. The Morgan fingerprint density at radius 2 is 2.00 bits per heavy atom. The molecule has 4 rings (SSSR count). The number of pyridine rings is 1. The average Bonchev–Trinajstić information content (AvgIpc) is 3.21. The van der Waals surface area contributed by atoms with Crippen LogP contribution < -0.4 is 0 Å². The first-order valence-corrected chi connectivity index (χ1v) is 11.0. The van der Waals surface area contributed by atoms with Gasteiger partial charge in [-0.2, -0.15) is 5.10 Å². The standard InChI is InChI=1S/C25H29FN4O/c1-18-13-21(22-15-27-29(2)16-22)14-24(28-18)20-6-4-12-30(17-20)25(31)7-3-5-19-8-10-23(26)11-9-19/h8-11,13-16,20H,3-7,12,17H2,1-2H3. The second-order valence-electron chi connectivity index (χ2n) is 8.48. The SMILES string of the molecule is Cc1cc(-c2cnn(C)c2)cc(C2CCCN(C(=O)CCCc3ccc(F)cc3)C2)n1. The number of benzene rings is 1. The molecule has 1 aliphatic heterocycles. The zero-order chi connectivity index (χ0) is 21.8. The molecule has 1 aromatic carbocycles. The van der Waals surface area contributed by atoms with Crippen LogP contribution in [0.5, 0.6) is 0 Å². The summed E-state index contributed by atoms with van der Waals surface area (Å²) >= 11 is 0. The van der Waals surface area contributed by atoms with Crippen molar-refractivity contribution in [3.8, 4) is 11.1 Å². The van der Waals surface area contributed by atoms with E-state index < -0.39 is 0 Å². The number of likely N-dealkylation sites (tertiary alicyclic amines) is 1. The van der Waals surface area contributed by atoms with Crippen LogP contribution >= 0.6 is 0 Å². The van der Waals surface area contributed by atoms with Crippen molar-refractivity contribution in [1.29, 1.82) is 0 Å². The summed E-state index contributed by atoms with van der Waals surface area (Å²) in [4.78, 5) is 19.6. The fourth-order valence-corrected chi connectivity index (χ4v) is 4.34. The van der Waals surface area contributed by atoms with Crippen molar-refractivity contribution in [2.75, 3.05) is 13.1 Å². The lowest BCUT2D eigenvalue weighted by Crippen LogP contribution is -2.39. The molecule has 31 heavy (non-hydrogen) atoms. The number of carbonyl (C=O) groups excluding carboxylic acids is 1. The van der Waals surface area contributed by atoms with Gasteiger partial charge >= 0.3 is 0 Å². The second-order valence-corrected chi connectivity index (χ2v) is 8.48. The Bertz CT molecular complexity index is 1040. The highest BCUT2D eigenvalue weighted by atomic mass is 19.1. The predicted molar refractivity (Wildman–Crippen MR) is 119 cm³/mol. The highest BCUT2D eigenvalue weighted by molar-refractivity contribution is 5.76. The monoisotopic (exact) mass is 420 g/mol. The lowest BCUT2D eigenvalue weighted by atomic mass is 9.92. The first-order chi connectivity index (χ1) is 15.0. The summed E-state index contributed by atoms with van der Waals surface area (Å²) in [5, 5.41) is 4.28. The van der Waals surface area contributed by atoms with Gasteiger partial charge in [-0.15, -0.1) is 0 Å². The Morgan fingerprint density at radius 3 is 2.74 bits per heavy atom. The Hall–Kier alpha value is -3.02. The topological polar surface area (TPSA) is 51.0 Å². The number of nitrogens with zero attached hydrogens (tertiary/aromatic N) is 4. The molecule has 3 aromatic rings. The van der Waals surface area contributed by atoms with E-state index in [9.17, 15) is 9.18 Å². The summed E-state index contributed by atoms with van der Waals surface area (Å²) in [5.74, 6) is 0.229. The van der Waals surface area contributed by atoms with Gasteiger partial charge in [0.25, 0.3) is 0 Å². The van der Waals surface area contributed by atoms with E-state index in [0.29, 0.717) is 6.42 Å². The maximum Gasteiger partial charge on any atom is 0.222 e. The number of aryl methyl sites for hydroxylation is 3. The molecule has 1 amide bonds. The number of hydrogen-bond acceptors (Lipinski definition) is 3. The van der Waals surface area contributed by atoms with Crippen LogP contribution in [-0.2, 0) is 18.3 Å². The molecule has 0 radical (unpaired) electrons. The van der Waals surface area contributed by atoms with Crippen molar-refractivity contribution < 1.29 is 9.18 Å². The summed E-state index contributed by atoms with van der Waals surface area (Å²) < 4.78 is 14.8. The van der Waals surface area contributed by atoms with Crippen molar-refractivity contribution in [3.05, 3.63) is 71.6 Å². The first kappa shape index (κ1) is 21.2. The molecule has 2 aromatic heterocycles. The minimum atomic E-state index is -0.226. The Kier molecular flexibility index (Phi) is 6.44. The minimum Gasteiger partial charge on any atom is -0.342 e. The number of hydrogen-bond donors (Lipinski definition) is 0. The maximum atomic E-state index is 13.0. The average molecular weight is 421 g/mol. The van der Waals surface area contributed by atoms with Crippen LogP contribution in [0.25, 0.3) is 11.1 Å². The number of carbonyl (C=O) groups is 1. The Balaban J connectivity index is 1.38. The summed E-state index contributed by atoms with van der Waals surface area (Å²) in [5.41, 5.74) is 5.32. The molecule has 1 atom stereocenters.